The van der Waals surface area contributed by atoms with Crippen molar-refractivity contribution in [2.75, 3.05) is 7.05 Å². The molecular formula is C10H19NS. The smallest absolute Gasteiger partial charge is 0.0408 e. The van der Waals surface area contributed by atoms with Crippen molar-refractivity contribution < 1.29 is 0 Å². The molecule has 0 bridgehead atoms. The molecule has 1 nitrogen and oxygen atoms in total. The predicted molar refractivity (Wildman–Crippen MR) is 57.8 cm³/mol. The summed E-state index contributed by atoms with van der Waals surface area (Å²) in [5.74, 6) is 0. The van der Waals surface area contributed by atoms with Gasteiger partial charge in [-0.05, 0) is 32.7 Å². The van der Waals surface area contributed by atoms with E-state index in [1.54, 1.807) is 0 Å². The Labute approximate surface area is 81.1 Å². The van der Waals surface area contributed by atoms with Gasteiger partial charge in [0.2, 0.25) is 0 Å². The van der Waals surface area contributed by atoms with Crippen LogP contribution in [0.15, 0.2) is 0 Å². The molecule has 0 spiro atoms. The molecular weight excluding hydrogens is 166 g/mol. The minimum Gasteiger partial charge on any atom is -0.296 e. The van der Waals surface area contributed by atoms with Gasteiger partial charge in [0.05, 0.1) is 0 Å². The third-order valence-electron chi connectivity index (χ3n) is 3.02. The van der Waals surface area contributed by atoms with Gasteiger partial charge in [0.15, 0.2) is 0 Å². The lowest BCUT2D eigenvalue weighted by Crippen LogP contribution is -2.47. The highest BCUT2D eigenvalue weighted by atomic mass is 32.1. The third-order valence-corrected chi connectivity index (χ3v) is 3.50. The first kappa shape index (κ1) is 10.1. The maximum absolute atomic E-state index is 5.36. The van der Waals surface area contributed by atoms with E-state index in [1.165, 1.54) is 24.1 Å². The Kier molecular flexibility index (Phi) is 3.66. The second kappa shape index (κ2) is 4.33. The Morgan fingerprint density at radius 2 is 2.08 bits per heavy atom. The van der Waals surface area contributed by atoms with E-state index < -0.39 is 0 Å². The highest BCUT2D eigenvalue weighted by Crippen LogP contribution is 2.23. The zero-order chi connectivity index (χ0) is 9.14. The van der Waals surface area contributed by atoms with E-state index in [-0.39, 0.29) is 0 Å². The van der Waals surface area contributed by atoms with Gasteiger partial charge in [-0.15, -0.1) is 0 Å². The van der Waals surface area contributed by atoms with E-state index in [4.69, 9.17) is 12.2 Å². The monoisotopic (exact) mass is 185 g/mol. The first-order chi connectivity index (χ1) is 5.70. The maximum atomic E-state index is 5.36. The van der Waals surface area contributed by atoms with Gasteiger partial charge in [-0.25, -0.2) is 0 Å². The van der Waals surface area contributed by atoms with Crippen molar-refractivity contribution in [1.82, 2.24) is 4.90 Å². The van der Waals surface area contributed by atoms with Crippen molar-refractivity contribution in [1.29, 1.82) is 0 Å². The molecule has 0 aromatic carbocycles. The first-order valence-electron chi connectivity index (χ1n) is 4.95. The minimum absolute atomic E-state index is 0.568. The quantitative estimate of drug-likeness (QED) is 0.608. The fraction of sp³-hybridized carbons (Fsp3) is 0.900. The SMILES string of the molecule is CCC1CCC(=S)C(CC)N1C. The number of hydrogen-bond acceptors (Lipinski definition) is 2. The summed E-state index contributed by atoms with van der Waals surface area (Å²) >= 11 is 5.36. The van der Waals surface area contributed by atoms with Crippen LogP contribution >= 0.6 is 12.2 Å². The zero-order valence-corrected chi connectivity index (χ0v) is 9.16. The molecule has 2 atom stereocenters. The topological polar surface area (TPSA) is 3.24 Å². The van der Waals surface area contributed by atoms with Gasteiger partial charge in [0.25, 0.3) is 0 Å². The molecule has 0 radical (unpaired) electrons. The molecule has 1 fully saturated rings. The second-order valence-corrected chi connectivity index (χ2v) is 4.18. The van der Waals surface area contributed by atoms with Crippen molar-refractivity contribution in [3.8, 4) is 0 Å². The van der Waals surface area contributed by atoms with E-state index in [0.717, 1.165) is 12.5 Å². The average molecular weight is 185 g/mol. The Balaban J connectivity index is 2.63. The molecule has 0 N–H and O–H groups in total. The van der Waals surface area contributed by atoms with E-state index >= 15 is 0 Å². The summed E-state index contributed by atoms with van der Waals surface area (Å²) in [6, 6.07) is 1.33. The summed E-state index contributed by atoms with van der Waals surface area (Å²) in [7, 11) is 2.22. The molecule has 1 rings (SSSR count). The van der Waals surface area contributed by atoms with E-state index in [2.05, 4.69) is 25.8 Å². The highest BCUT2D eigenvalue weighted by molar-refractivity contribution is 7.80. The standard InChI is InChI=1S/C10H19NS/c1-4-8-6-7-10(12)9(5-2)11(8)3/h8-9H,4-7H2,1-3H3. The van der Waals surface area contributed by atoms with Crippen molar-refractivity contribution in [3.05, 3.63) is 0 Å². The van der Waals surface area contributed by atoms with Crippen LogP contribution in [0.3, 0.4) is 0 Å². The zero-order valence-electron chi connectivity index (χ0n) is 8.34. The molecule has 0 aliphatic carbocycles. The van der Waals surface area contributed by atoms with E-state index in [0.29, 0.717) is 6.04 Å². The average Bonchev–Trinajstić information content (AvgIpc) is 2.06. The number of rotatable bonds is 2. The molecule has 70 valence electrons. The van der Waals surface area contributed by atoms with E-state index in [9.17, 15) is 0 Å². The molecule has 1 saturated heterocycles. The van der Waals surface area contributed by atoms with Gasteiger partial charge in [0.1, 0.15) is 0 Å². The van der Waals surface area contributed by atoms with Gasteiger partial charge in [0, 0.05) is 16.9 Å². The van der Waals surface area contributed by atoms with E-state index in [1.807, 2.05) is 0 Å². The van der Waals surface area contributed by atoms with Crippen LogP contribution in [0.25, 0.3) is 0 Å². The predicted octanol–water partition coefficient (Wildman–Crippen LogP) is 2.64. The van der Waals surface area contributed by atoms with Crippen LogP contribution in [0.4, 0.5) is 0 Å². The molecule has 0 aromatic heterocycles. The van der Waals surface area contributed by atoms with Crippen LogP contribution in [0.2, 0.25) is 0 Å². The molecule has 0 saturated carbocycles. The number of nitrogens with zero attached hydrogens (tertiary/aromatic N) is 1. The number of likely N-dealkylation sites (tertiary alicyclic amines) is 1. The molecule has 2 unspecified atom stereocenters. The number of hydrogen-bond donors (Lipinski definition) is 0. The lowest BCUT2D eigenvalue weighted by molar-refractivity contribution is 0.179. The van der Waals surface area contributed by atoms with Crippen LogP contribution in [0, 0.1) is 0 Å². The minimum atomic E-state index is 0.568. The van der Waals surface area contributed by atoms with Gasteiger partial charge in [-0.2, -0.15) is 0 Å². The van der Waals surface area contributed by atoms with Crippen molar-refractivity contribution in [2.45, 2.75) is 51.6 Å². The number of thiocarbonyl (C=S) groups is 1. The Hall–Kier alpha value is 0.0500. The summed E-state index contributed by atoms with van der Waals surface area (Å²) in [5.41, 5.74) is 0. The Morgan fingerprint density at radius 3 is 2.58 bits per heavy atom. The second-order valence-electron chi connectivity index (χ2n) is 3.66. The molecule has 2 heteroatoms. The third kappa shape index (κ3) is 1.86. The number of piperidine rings is 1. The van der Waals surface area contributed by atoms with Crippen LogP contribution < -0.4 is 0 Å². The van der Waals surface area contributed by atoms with Crippen LogP contribution in [-0.4, -0.2) is 28.9 Å². The largest absolute Gasteiger partial charge is 0.296 e. The van der Waals surface area contributed by atoms with Gasteiger partial charge in [-0.3, -0.25) is 4.90 Å². The molecule has 12 heavy (non-hydrogen) atoms. The highest BCUT2D eigenvalue weighted by Gasteiger charge is 2.28. The lowest BCUT2D eigenvalue weighted by atomic mass is 9.93. The van der Waals surface area contributed by atoms with Crippen LogP contribution in [0.1, 0.15) is 39.5 Å². The summed E-state index contributed by atoms with van der Waals surface area (Å²) in [6.07, 6.45) is 4.86. The molecule has 0 aromatic rings. The molecule has 0 amide bonds. The summed E-state index contributed by atoms with van der Waals surface area (Å²) < 4.78 is 0. The molecule has 1 heterocycles. The van der Waals surface area contributed by atoms with Gasteiger partial charge in [-0.1, -0.05) is 26.1 Å². The van der Waals surface area contributed by atoms with Crippen molar-refractivity contribution in [2.24, 2.45) is 0 Å². The summed E-state index contributed by atoms with van der Waals surface area (Å²) in [4.78, 5) is 3.73. The first-order valence-corrected chi connectivity index (χ1v) is 5.36. The van der Waals surface area contributed by atoms with Gasteiger partial charge < -0.3 is 0 Å². The summed E-state index contributed by atoms with van der Waals surface area (Å²) in [6.45, 7) is 4.49. The van der Waals surface area contributed by atoms with Crippen LogP contribution in [-0.2, 0) is 0 Å². The van der Waals surface area contributed by atoms with Crippen molar-refractivity contribution >= 4 is 17.1 Å². The Bertz CT molecular complexity index is 167. The van der Waals surface area contributed by atoms with Crippen LogP contribution in [0.5, 0.6) is 0 Å². The normalized spacial score (nSPS) is 32.4. The summed E-state index contributed by atoms with van der Waals surface area (Å²) in [5, 5.41) is 0. The fourth-order valence-electron chi connectivity index (χ4n) is 2.17. The fourth-order valence-corrected chi connectivity index (χ4v) is 2.62. The molecule has 1 aliphatic heterocycles. The van der Waals surface area contributed by atoms with Crippen molar-refractivity contribution in [3.63, 3.8) is 0 Å². The maximum Gasteiger partial charge on any atom is 0.0408 e. The van der Waals surface area contributed by atoms with Gasteiger partial charge >= 0.3 is 0 Å². The Morgan fingerprint density at radius 1 is 1.42 bits per heavy atom. The lowest BCUT2D eigenvalue weighted by Gasteiger charge is -2.39. The molecule has 1 aliphatic rings.